The molecule has 0 saturated heterocycles. The molecule has 0 radical (unpaired) electrons. The van der Waals surface area contributed by atoms with Gasteiger partial charge in [-0.1, -0.05) is 12.5 Å². The zero-order valence-corrected chi connectivity index (χ0v) is 11.2. The molecule has 4 N–H and O–H groups in total. The molecule has 0 unspecified atom stereocenters. The first-order chi connectivity index (χ1) is 8.15. The Labute approximate surface area is 109 Å². The predicted octanol–water partition coefficient (Wildman–Crippen LogP) is 2.61. The first kappa shape index (κ1) is 14.0. The molecule has 0 aliphatic heterocycles. The second-order valence-corrected chi connectivity index (χ2v) is 4.64. The fourth-order valence-electron chi connectivity index (χ4n) is 1.44. The highest BCUT2D eigenvalue weighted by Gasteiger charge is 2.08. The first-order valence-corrected chi connectivity index (χ1v) is 6.42. The number of anilines is 1. The molecule has 0 aliphatic rings. The molecule has 0 aliphatic carbocycles. The largest absolute Gasteiger partial charge is 0.505 e. The minimum absolute atomic E-state index is 0.0582. The third-order valence-electron chi connectivity index (χ3n) is 2.37. The molecule has 1 amide bonds. The number of halogens is 1. The number of unbranched alkanes of at least 4 members (excludes halogenated alkanes) is 2. The Bertz CT molecular complexity index is 383. The highest BCUT2D eigenvalue weighted by Crippen LogP contribution is 2.31. The van der Waals surface area contributed by atoms with Crippen LogP contribution in [0.2, 0.25) is 0 Å². The first-order valence-electron chi connectivity index (χ1n) is 5.62. The number of aromatic hydroxyl groups is 1. The molecular formula is C12H17BrN2O2. The normalized spacial score (nSPS) is 10.2. The van der Waals surface area contributed by atoms with E-state index in [1.165, 1.54) is 0 Å². The summed E-state index contributed by atoms with van der Waals surface area (Å²) in [5.41, 5.74) is 5.80. The van der Waals surface area contributed by atoms with Crippen LogP contribution in [0.4, 0.5) is 5.69 Å². The van der Waals surface area contributed by atoms with Gasteiger partial charge in [-0.15, -0.1) is 0 Å². The molecule has 0 aromatic heterocycles. The van der Waals surface area contributed by atoms with Gasteiger partial charge in [-0.05, 0) is 47.4 Å². The minimum Gasteiger partial charge on any atom is -0.505 e. The zero-order chi connectivity index (χ0) is 12.7. The van der Waals surface area contributed by atoms with Crippen LogP contribution in [0, 0.1) is 0 Å². The van der Waals surface area contributed by atoms with Gasteiger partial charge in [0, 0.05) is 6.42 Å². The molecule has 17 heavy (non-hydrogen) atoms. The Balaban J connectivity index is 2.43. The number of amides is 1. The van der Waals surface area contributed by atoms with E-state index in [0.29, 0.717) is 23.1 Å². The van der Waals surface area contributed by atoms with E-state index in [4.69, 9.17) is 5.73 Å². The van der Waals surface area contributed by atoms with E-state index in [0.717, 1.165) is 19.3 Å². The summed E-state index contributed by atoms with van der Waals surface area (Å²) in [7, 11) is 0. The standard InChI is InChI=1S/C12H17BrN2O2/c13-9-5-4-6-10(12(9)17)15-11(16)7-2-1-3-8-14/h4-6,17H,1-3,7-8,14H2,(H,15,16). The maximum Gasteiger partial charge on any atom is 0.224 e. The third kappa shape index (κ3) is 4.75. The summed E-state index contributed by atoms with van der Waals surface area (Å²) in [6.45, 7) is 0.661. The van der Waals surface area contributed by atoms with Crippen LogP contribution in [0.25, 0.3) is 0 Å². The van der Waals surface area contributed by atoms with E-state index in [2.05, 4.69) is 21.2 Å². The van der Waals surface area contributed by atoms with Crippen LogP contribution in [0.1, 0.15) is 25.7 Å². The van der Waals surface area contributed by atoms with Crippen molar-refractivity contribution in [1.29, 1.82) is 0 Å². The summed E-state index contributed by atoms with van der Waals surface area (Å²) < 4.78 is 0.568. The van der Waals surface area contributed by atoms with E-state index in [9.17, 15) is 9.90 Å². The highest BCUT2D eigenvalue weighted by atomic mass is 79.9. The van der Waals surface area contributed by atoms with Crippen molar-refractivity contribution in [3.63, 3.8) is 0 Å². The van der Waals surface area contributed by atoms with Gasteiger partial charge >= 0.3 is 0 Å². The molecule has 5 heteroatoms. The van der Waals surface area contributed by atoms with Gasteiger partial charge in [0.1, 0.15) is 0 Å². The van der Waals surface area contributed by atoms with Gasteiger partial charge in [0.2, 0.25) is 5.91 Å². The van der Waals surface area contributed by atoms with Crippen LogP contribution in [0.5, 0.6) is 5.75 Å². The molecule has 0 fully saturated rings. The molecule has 0 bridgehead atoms. The molecule has 0 atom stereocenters. The number of nitrogens with two attached hydrogens (primary N) is 1. The maximum atomic E-state index is 11.6. The zero-order valence-electron chi connectivity index (χ0n) is 9.58. The van der Waals surface area contributed by atoms with E-state index in [1.54, 1.807) is 18.2 Å². The van der Waals surface area contributed by atoms with Gasteiger partial charge < -0.3 is 16.2 Å². The molecule has 94 valence electrons. The smallest absolute Gasteiger partial charge is 0.224 e. The molecule has 0 spiro atoms. The SMILES string of the molecule is NCCCCCC(=O)Nc1cccc(Br)c1O. The van der Waals surface area contributed by atoms with Crippen molar-refractivity contribution in [3.05, 3.63) is 22.7 Å². The highest BCUT2D eigenvalue weighted by molar-refractivity contribution is 9.10. The van der Waals surface area contributed by atoms with Crippen molar-refractivity contribution in [2.24, 2.45) is 5.73 Å². The average molecular weight is 301 g/mol. The lowest BCUT2D eigenvalue weighted by atomic mass is 10.2. The van der Waals surface area contributed by atoms with Crippen LogP contribution in [-0.2, 0) is 4.79 Å². The molecule has 1 rings (SSSR count). The van der Waals surface area contributed by atoms with Gasteiger partial charge in [-0.25, -0.2) is 0 Å². The van der Waals surface area contributed by atoms with Crippen molar-refractivity contribution in [2.75, 3.05) is 11.9 Å². The Morgan fingerprint density at radius 2 is 2.12 bits per heavy atom. The third-order valence-corrected chi connectivity index (χ3v) is 3.01. The van der Waals surface area contributed by atoms with Crippen LogP contribution in [0.15, 0.2) is 22.7 Å². The Hall–Kier alpha value is -1.07. The number of nitrogens with one attached hydrogen (secondary N) is 1. The van der Waals surface area contributed by atoms with Crippen LogP contribution >= 0.6 is 15.9 Å². The monoisotopic (exact) mass is 300 g/mol. The second kappa shape index (κ2) is 7.29. The molecule has 4 nitrogen and oxygen atoms in total. The summed E-state index contributed by atoms with van der Waals surface area (Å²) in [6.07, 6.45) is 3.16. The van der Waals surface area contributed by atoms with Crippen molar-refractivity contribution >= 4 is 27.5 Å². The number of phenols is 1. The number of hydrogen-bond donors (Lipinski definition) is 3. The summed E-state index contributed by atoms with van der Waals surface area (Å²) >= 11 is 3.19. The molecule has 1 aromatic rings. The number of benzene rings is 1. The molecule has 0 saturated carbocycles. The Morgan fingerprint density at radius 1 is 1.35 bits per heavy atom. The van der Waals surface area contributed by atoms with Crippen LogP contribution < -0.4 is 11.1 Å². The fraction of sp³-hybridized carbons (Fsp3) is 0.417. The number of carbonyl (C=O) groups excluding carboxylic acids is 1. The topological polar surface area (TPSA) is 75.4 Å². The predicted molar refractivity (Wildman–Crippen MR) is 72.0 cm³/mol. The lowest BCUT2D eigenvalue weighted by Crippen LogP contribution is -2.11. The van der Waals surface area contributed by atoms with Gasteiger partial charge in [-0.2, -0.15) is 0 Å². The lowest BCUT2D eigenvalue weighted by Gasteiger charge is -2.08. The van der Waals surface area contributed by atoms with Gasteiger partial charge in [-0.3, -0.25) is 4.79 Å². The number of carbonyl (C=O) groups is 1. The number of phenolic OH excluding ortho intramolecular Hbond substituents is 1. The van der Waals surface area contributed by atoms with Crippen LogP contribution in [0.3, 0.4) is 0 Å². The van der Waals surface area contributed by atoms with Gasteiger partial charge in [0.25, 0.3) is 0 Å². The summed E-state index contributed by atoms with van der Waals surface area (Å²) in [5, 5.41) is 12.4. The van der Waals surface area contributed by atoms with Crippen molar-refractivity contribution in [3.8, 4) is 5.75 Å². The second-order valence-electron chi connectivity index (χ2n) is 3.78. The molecular weight excluding hydrogens is 284 g/mol. The van der Waals surface area contributed by atoms with Crippen molar-refractivity contribution in [1.82, 2.24) is 0 Å². The van der Waals surface area contributed by atoms with E-state index in [-0.39, 0.29) is 11.7 Å². The van der Waals surface area contributed by atoms with Gasteiger partial charge in [0.15, 0.2) is 5.75 Å². The molecule has 0 heterocycles. The van der Waals surface area contributed by atoms with E-state index >= 15 is 0 Å². The summed E-state index contributed by atoms with van der Waals surface area (Å²) in [5.74, 6) is -0.0294. The summed E-state index contributed by atoms with van der Waals surface area (Å²) in [6, 6.07) is 5.14. The lowest BCUT2D eigenvalue weighted by molar-refractivity contribution is -0.116. The minimum atomic E-state index is -0.0876. The average Bonchev–Trinajstić information content (AvgIpc) is 2.31. The van der Waals surface area contributed by atoms with Crippen molar-refractivity contribution in [2.45, 2.75) is 25.7 Å². The van der Waals surface area contributed by atoms with E-state index < -0.39 is 0 Å². The van der Waals surface area contributed by atoms with E-state index in [1.807, 2.05) is 0 Å². The number of rotatable bonds is 6. The Morgan fingerprint density at radius 3 is 2.82 bits per heavy atom. The van der Waals surface area contributed by atoms with Gasteiger partial charge in [0.05, 0.1) is 10.2 Å². The maximum absolute atomic E-state index is 11.6. The fourth-order valence-corrected chi connectivity index (χ4v) is 1.80. The van der Waals surface area contributed by atoms with Crippen LogP contribution in [-0.4, -0.2) is 17.6 Å². The number of para-hydroxylation sites is 1. The summed E-state index contributed by atoms with van der Waals surface area (Å²) in [4.78, 5) is 11.6. The molecule has 1 aromatic carbocycles. The van der Waals surface area contributed by atoms with Crippen molar-refractivity contribution < 1.29 is 9.90 Å². The Kier molecular flexibility index (Phi) is 6.00. The number of hydrogen-bond acceptors (Lipinski definition) is 3. The quantitative estimate of drug-likeness (QED) is 0.558.